The van der Waals surface area contributed by atoms with Gasteiger partial charge in [-0.2, -0.15) is 0 Å². The Morgan fingerprint density at radius 1 is 1.41 bits per heavy atom. The molecule has 1 aromatic rings. The molecule has 1 aromatic heterocycles. The zero-order valence-corrected chi connectivity index (χ0v) is 13.3. The van der Waals surface area contributed by atoms with Gasteiger partial charge < -0.3 is 24.5 Å². The van der Waals surface area contributed by atoms with Crippen LogP contribution in [0.4, 0.5) is 0 Å². The third-order valence-electron chi connectivity index (χ3n) is 3.59. The summed E-state index contributed by atoms with van der Waals surface area (Å²) in [6.45, 7) is 3.86. The van der Waals surface area contributed by atoms with Gasteiger partial charge in [0.15, 0.2) is 5.96 Å². The fraction of sp³-hybridized carbons (Fsp3) is 0.688. The van der Waals surface area contributed by atoms with Crippen LogP contribution in [-0.4, -0.2) is 45.4 Å². The quantitative estimate of drug-likeness (QED) is 0.414. The molecule has 1 atom stereocenters. The highest BCUT2D eigenvalue weighted by Gasteiger charge is 2.14. The van der Waals surface area contributed by atoms with E-state index in [2.05, 4.69) is 15.6 Å². The Balaban J connectivity index is 1.45. The number of hydrogen-bond acceptors (Lipinski definition) is 4. The molecule has 0 amide bonds. The molecule has 1 unspecified atom stereocenters. The minimum Gasteiger partial charge on any atom is -0.467 e. The lowest BCUT2D eigenvalue weighted by Gasteiger charge is -2.14. The van der Waals surface area contributed by atoms with Gasteiger partial charge in [-0.15, -0.1) is 0 Å². The molecule has 1 fully saturated rings. The molecule has 6 nitrogen and oxygen atoms in total. The molecule has 6 heteroatoms. The van der Waals surface area contributed by atoms with Crippen molar-refractivity contribution >= 4 is 5.96 Å². The van der Waals surface area contributed by atoms with Crippen LogP contribution in [-0.2, 0) is 16.1 Å². The Kier molecular flexibility index (Phi) is 7.83. The van der Waals surface area contributed by atoms with E-state index in [4.69, 9.17) is 13.9 Å². The highest BCUT2D eigenvalue weighted by Crippen LogP contribution is 2.14. The molecular formula is C16H27N3O3. The second kappa shape index (κ2) is 10.2. The van der Waals surface area contributed by atoms with Gasteiger partial charge >= 0.3 is 0 Å². The zero-order chi connectivity index (χ0) is 15.5. The molecule has 1 aliphatic rings. The van der Waals surface area contributed by atoms with Crippen molar-refractivity contribution in [1.29, 1.82) is 0 Å². The van der Waals surface area contributed by atoms with Gasteiger partial charge in [-0.05, 0) is 37.8 Å². The first kappa shape index (κ1) is 16.8. The minimum absolute atomic E-state index is 0.417. The Hall–Kier alpha value is -1.53. The number of nitrogens with one attached hydrogen (secondary N) is 2. The molecule has 1 aliphatic heterocycles. The summed E-state index contributed by atoms with van der Waals surface area (Å²) in [5.74, 6) is 1.70. The topological polar surface area (TPSA) is 68.0 Å². The molecular weight excluding hydrogens is 282 g/mol. The lowest BCUT2D eigenvalue weighted by molar-refractivity contribution is 0.104. The Bertz CT molecular complexity index is 414. The molecule has 2 rings (SSSR count). The van der Waals surface area contributed by atoms with Crippen LogP contribution in [0.5, 0.6) is 0 Å². The number of hydrogen-bond donors (Lipinski definition) is 2. The summed E-state index contributed by atoms with van der Waals surface area (Å²) >= 11 is 0. The maximum Gasteiger partial charge on any atom is 0.190 e. The average molecular weight is 309 g/mol. The summed E-state index contributed by atoms with van der Waals surface area (Å²) in [6.07, 6.45) is 6.41. The number of rotatable bonds is 9. The van der Waals surface area contributed by atoms with Crippen LogP contribution in [0.25, 0.3) is 0 Å². The summed E-state index contributed by atoms with van der Waals surface area (Å²) in [5.41, 5.74) is 0. The van der Waals surface area contributed by atoms with E-state index in [0.29, 0.717) is 19.3 Å². The zero-order valence-electron chi connectivity index (χ0n) is 13.3. The van der Waals surface area contributed by atoms with Crippen molar-refractivity contribution in [2.45, 2.75) is 38.4 Å². The fourth-order valence-electron chi connectivity index (χ4n) is 2.39. The van der Waals surface area contributed by atoms with E-state index in [9.17, 15) is 0 Å². The predicted molar refractivity (Wildman–Crippen MR) is 85.9 cm³/mol. The van der Waals surface area contributed by atoms with Crippen molar-refractivity contribution in [3.8, 4) is 0 Å². The molecule has 0 saturated carbocycles. The van der Waals surface area contributed by atoms with Gasteiger partial charge in [0.25, 0.3) is 0 Å². The van der Waals surface area contributed by atoms with Crippen LogP contribution in [0.3, 0.4) is 0 Å². The first-order valence-electron chi connectivity index (χ1n) is 8.04. The highest BCUT2D eigenvalue weighted by molar-refractivity contribution is 5.79. The van der Waals surface area contributed by atoms with Crippen LogP contribution >= 0.6 is 0 Å². The SMILES string of the molecule is CN=C(NCCCOCc1ccco1)NCCC1CCCO1. The molecule has 2 N–H and O–H groups in total. The summed E-state index contributed by atoms with van der Waals surface area (Å²) in [7, 11) is 1.79. The molecule has 1 saturated heterocycles. The van der Waals surface area contributed by atoms with Crippen molar-refractivity contribution in [3.05, 3.63) is 24.2 Å². The summed E-state index contributed by atoms with van der Waals surface area (Å²) in [5, 5.41) is 6.60. The number of aliphatic imine (C=N–C) groups is 1. The van der Waals surface area contributed by atoms with E-state index in [-0.39, 0.29) is 0 Å². The Morgan fingerprint density at radius 2 is 2.32 bits per heavy atom. The molecule has 124 valence electrons. The molecule has 0 bridgehead atoms. The standard InChI is InChI=1S/C16H27N3O3/c1-17-16(19-9-7-14-5-2-11-21-14)18-8-4-10-20-13-15-6-3-12-22-15/h3,6,12,14H,2,4-5,7-11,13H2,1H3,(H2,17,18,19). The molecule has 2 heterocycles. The van der Waals surface area contributed by atoms with Crippen LogP contribution in [0.2, 0.25) is 0 Å². The Morgan fingerprint density at radius 3 is 3.05 bits per heavy atom. The lowest BCUT2D eigenvalue weighted by atomic mass is 10.2. The van der Waals surface area contributed by atoms with Gasteiger partial charge in [0.05, 0.1) is 12.4 Å². The van der Waals surface area contributed by atoms with Gasteiger partial charge in [-0.1, -0.05) is 0 Å². The van der Waals surface area contributed by atoms with Gasteiger partial charge in [0.2, 0.25) is 0 Å². The van der Waals surface area contributed by atoms with Gasteiger partial charge in [-0.3, -0.25) is 4.99 Å². The van der Waals surface area contributed by atoms with E-state index in [1.165, 1.54) is 12.8 Å². The van der Waals surface area contributed by atoms with Gasteiger partial charge in [0.1, 0.15) is 12.4 Å². The van der Waals surface area contributed by atoms with Crippen molar-refractivity contribution in [1.82, 2.24) is 10.6 Å². The van der Waals surface area contributed by atoms with E-state index in [1.54, 1.807) is 13.3 Å². The minimum atomic E-state index is 0.417. The summed E-state index contributed by atoms with van der Waals surface area (Å²) in [4.78, 5) is 4.21. The lowest BCUT2D eigenvalue weighted by Crippen LogP contribution is -2.39. The number of guanidine groups is 1. The maximum atomic E-state index is 5.60. The number of ether oxygens (including phenoxy) is 2. The van der Waals surface area contributed by atoms with E-state index in [0.717, 1.165) is 44.3 Å². The van der Waals surface area contributed by atoms with E-state index in [1.807, 2.05) is 12.1 Å². The van der Waals surface area contributed by atoms with Crippen LogP contribution in [0.1, 0.15) is 31.4 Å². The highest BCUT2D eigenvalue weighted by atomic mass is 16.5. The van der Waals surface area contributed by atoms with Gasteiger partial charge in [0, 0.05) is 33.4 Å². The van der Waals surface area contributed by atoms with Crippen LogP contribution < -0.4 is 10.6 Å². The molecule has 0 spiro atoms. The third kappa shape index (κ3) is 6.49. The number of nitrogens with zero attached hydrogens (tertiary/aromatic N) is 1. The number of furan rings is 1. The third-order valence-corrected chi connectivity index (χ3v) is 3.59. The van der Waals surface area contributed by atoms with Gasteiger partial charge in [-0.25, -0.2) is 0 Å². The van der Waals surface area contributed by atoms with E-state index >= 15 is 0 Å². The smallest absolute Gasteiger partial charge is 0.190 e. The van der Waals surface area contributed by atoms with Crippen molar-refractivity contribution < 1.29 is 13.9 Å². The summed E-state index contributed by atoms with van der Waals surface area (Å²) < 4.78 is 16.3. The van der Waals surface area contributed by atoms with Crippen molar-refractivity contribution in [2.75, 3.05) is 33.4 Å². The largest absolute Gasteiger partial charge is 0.467 e. The monoisotopic (exact) mass is 309 g/mol. The molecule has 0 aromatic carbocycles. The second-order valence-corrected chi connectivity index (χ2v) is 5.33. The second-order valence-electron chi connectivity index (χ2n) is 5.33. The molecule has 0 radical (unpaired) electrons. The average Bonchev–Trinajstić information content (AvgIpc) is 3.22. The van der Waals surface area contributed by atoms with Crippen LogP contribution in [0, 0.1) is 0 Å². The maximum absolute atomic E-state index is 5.60. The summed E-state index contributed by atoms with van der Waals surface area (Å²) in [6, 6.07) is 3.78. The fourth-order valence-corrected chi connectivity index (χ4v) is 2.39. The predicted octanol–water partition coefficient (Wildman–Crippen LogP) is 1.92. The van der Waals surface area contributed by atoms with Crippen LogP contribution in [0.15, 0.2) is 27.8 Å². The Labute approximate surface area is 132 Å². The molecule has 22 heavy (non-hydrogen) atoms. The normalized spacial score (nSPS) is 18.6. The van der Waals surface area contributed by atoms with E-state index < -0.39 is 0 Å². The van der Waals surface area contributed by atoms with Crippen molar-refractivity contribution in [2.24, 2.45) is 4.99 Å². The molecule has 0 aliphatic carbocycles. The van der Waals surface area contributed by atoms with Crippen molar-refractivity contribution in [3.63, 3.8) is 0 Å². The first-order valence-corrected chi connectivity index (χ1v) is 8.04. The first-order chi connectivity index (χ1) is 10.9.